The van der Waals surface area contributed by atoms with Crippen molar-refractivity contribution in [1.82, 2.24) is 4.57 Å². The lowest BCUT2D eigenvalue weighted by Crippen LogP contribution is -2.14. The average Bonchev–Trinajstić information content (AvgIpc) is 3.11. The Labute approximate surface area is 200 Å². The van der Waals surface area contributed by atoms with Crippen LogP contribution in [0.4, 0.5) is 0 Å². The molecule has 0 aliphatic carbocycles. The minimum Gasteiger partial charge on any atom is -0.496 e. The fourth-order valence-corrected chi connectivity index (χ4v) is 5.69. The van der Waals surface area contributed by atoms with Crippen molar-refractivity contribution in [3.63, 3.8) is 0 Å². The molecule has 0 spiro atoms. The number of aromatic nitrogens is 1. The van der Waals surface area contributed by atoms with E-state index in [9.17, 15) is 13.2 Å². The molecular formula is C25H22BrNO5S. The van der Waals surface area contributed by atoms with E-state index in [0.717, 1.165) is 5.69 Å². The first kappa shape index (κ1) is 23.1. The van der Waals surface area contributed by atoms with Crippen molar-refractivity contribution in [2.75, 3.05) is 13.7 Å². The molecule has 6 nitrogen and oxygen atoms in total. The van der Waals surface area contributed by atoms with Crippen molar-refractivity contribution in [2.45, 2.75) is 17.6 Å². The van der Waals surface area contributed by atoms with Gasteiger partial charge >= 0.3 is 5.97 Å². The van der Waals surface area contributed by atoms with Gasteiger partial charge in [0.2, 0.25) is 0 Å². The lowest BCUT2D eigenvalue weighted by atomic mass is 10.1. The summed E-state index contributed by atoms with van der Waals surface area (Å²) in [7, 11) is -2.23. The smallest absolute Gasteiger partial charge is 0.340 e. The van der Waals surface area contributed by atoms with Crippen LogP contribution in [0.15, 0.2) is 82.2 Å². The maximum absolute atomic E-state index is 13.4. The minimum absolute atomic E-state index is 0.162. The maximum Gasteiger partial charge on any atom is 0.340 e. The Balaban J connectivity index is 2.08. The first-order valence-electron chi connectivity index (χ1n) is 10.3. The zero-order chi connectivity index (χ0) is 23.6. The summed E-state index contributed by atoms with van der Waals surface area (Å²) in [5, 5.41) is 0.551. The fourth-order valence-electron chi connectivity index (χ4n) is 3.83. The van der Waals surface area contributed by atoms with Crippen molar-refractivity contribution >= 4 is 42.6 Å². The second kappa shape index (κ2) is 9.41. The Morgan fingerprint density at radius 3 is 2.24 bits per heavy atom. The second-order valence-corrected chi connectivity index (χ2v) is 10.1. The van der Waals surface area contributed by atoms with Crippen LogP contribution < -0.4 is 4.74 Å². The standard InChI is InChI=1S/C25H22BrNO5S/c1-3-32-25(28)24-19-14-23(31-2)20(26)15-21(19)27(17-10-6-4-7-11-17)22(24)16-33(29,30)18-12-8-5-9-13-18/h4-15H,3,16H2,1-2H3. The van der Waals surface area contributed by atoms with Gasteiger partial charge in [-0.3, -0.25) is 0 Å². The van der Waals surface area contributed by atoms with E-state index in [1.165, 1.54) is 7.11 Å². The number of ether oxygens (including phenoxy) is 2. The predicted molar refractivity (Wildman–Crippen MR) is 131 cm³/mol. The van der Waals surface area contributed by atoms with E-state index >= 15 is 0 Å². The summed E-state index contributed by atoms with van der Waals surface area (Å²) in [4.78, 5) is 13.3. The Bertz CT molecular complexity index is 1410. The quantitative estimate of drug-likeness (QED) is 0.294. The van der Waals surface area contributed by atoms with Crippen molar-refractivity contribution < 1.29 is 22.7 Å². The predicted octanol–water partition coefficient (Wildman–Crippen LogP) is 5.55. The normalized spacial score (nSPS) is 11.5. The second-order valence-electron chi connectivity index (χ2n) is 7.29. The molecule has 0 bridgehead atoms. The Morgan fingerprint density at radius 2 is 1.64 bits per heavy atom. The van der Waals surface area contributed by atoms with E-state index in [-0.39, 0.29) is 22.8 Å². The topological polar surface area (TPSA) is 74.6 Å². The van der Waals surface area contributed by atoms with Crippen LogP contribution in [0.3, 0.4) is 0 Å². The van der Waals surface area contributed by atoms with Crippen LogP contribution in [0, 0.1) is 0 Å². The summed E-state index contributed by atoms with van der Waals surface area (Å²) in [5.41, 5.74) is 1.93. The molecule has 0 atom stereocenters. The molecule has 0 aliphatic rings. The van der Waals surface area contributed by atoms with Crippen LogP contribution in [0.5, 0.6) is 5.75 Å². The van der Waals surface area contributed by atoms with Crippen LogP contribution in [0.2, 0.25) is 0 Å². The summed E-state index contributed by atoms with van der Waals surface area (Å²) < 4.78 is 40.0. The number of methoxy groups -OCH3 is 1. The van der Waals surface area contributed by atoms with Crippen molar-refractivity contribution in [3.05, 3.63) is 88.5 Å². The Kier molecular flexibility index (Phi) is 6.58. The summed E-state index contributed by atoms with van der Waals surface area (Å²) in [6.45, 7) is 1.88. The van der Waals surface area contributed by atoms with E-state index in [0.29, 0.717) is 26.8 Å². The van der Waals surface area contributed by atoms with Crippen molar-refractivity contribution in [2.24, 2.45) is 0 Å². The lowest BCUT2D eigenvalue weighted by Gasteiger charge is -2.13. The van der Waals surface area contributed by atoms with Crippen LogP contribution in [-0.2, 0) is 20.3 Å². The third-order valence-corrected chi connectivity index (χ3v) is 7.53. The number of benzene rings is 3. The van der Waals surface area contributed by atoms with E-state index in [1.54, 1.807) is 47.9 Å². The van der Waals surface area contributed by atoms with Gasteiger partial charge in [-0.2, -0.15) is 0 Å². The molecule has 0 fully saturated rings. The van der Waals surface area contributed by atoms with E-state index in [4.69, 9.17) is 9.47 Å². The monoisotopic (exact) mass is 527 g/mol. The summed E-state index contributed by atoms with van der Waals surface area (Å²) in [6.07, 6.45) is 0. The highest BCUT2D eigenvalue weighted by atomic mass is 79.9. The Morgan fingerprint density at radius 1 is 1.00 bits per heavy atom. The molecule has 0 radical (unpaired) electrons. The molecule has 170 valence electrons. The molecule has 3 aromatic carbocycles. The molecule has 1 heterocycles. The largest absolute Gasteiger partial charge is 0.496 e. The highest BCUT2D eigenvalue weighted by Gasteiger charge is 2.29. The number of hydrogen-bond acceptors (Lipinski definition) is 5. The van der Waals surface area contributed by atoms with Crippen LogP contribution in [0.1, 0.15) is 23.0 Å². The molecule has 0 N–H and O–H groups in total. The van der Waals surface area contributed by atoms with Gasteiger partial charge in [-0.05, 0) is 59.3 Å². The molecule has 4 rings (SSSR count). The van der Waals surface area contributed by atoms with Crippen LogP contribution in [0.25, 0.3) is 16.6 Å². The van der Waals surface area contributed by atoms with E-state index in [1.807, 2.05) is 36.4 Å². The molecule has 1 aromatic heterocycles. The van der Waals surface area contributed by atoms with Crippen LogP contribution >= 0.6 is 15.9 Å². The first-order chi connectivity index (χ1) is 15.9. The first-order valence-corrected chi connectivity index (χ1v) is 12.7. The zero-order valence-corrected chi connectivity index (χ0v) is 20.5. The van der Waals surface area contributed by atoms with Gasteiger partial charge in [0.25, 0.3) is 0 Å². The van der Waals surface area contributed by atoms with E-state index in [2.05, 4.69) is 15.9 Å². The fraction of sp³-hybridized carbons (Fsp3) is 0.160. The maximum atomic E-state index is 13.4. The number of sulfone groups is 1. The number of carbonyl (C=O) groups is 1. The number of carbonyl (C=O) groups excluding carboxylic acids is 1. The molecule has 0 saturated carbocycles. The number of nitrogens with zero attached hydrogens (tertiary/aromatic N) is 1. The van der Waals surface area contributed by atoms with Gasteiger partial charge in [0.05, 0.1) is 45.6 Å². The number of hydrogen-bond donors (Lipinski definition) is 0. The van der Waals surface area contributed by atoms with Gasteiger partial charge in [0.15, 0.2) is 9.84 Å². The molecule has 0 saturated heterocycles. The van der Waals surface area contributed by atoms with Crippen molar-refractivity contribution in [3.8, 4) is 11.4 Å². The molecule has 33 heavy (non-hydrogen) atoms. The Hall–Kier alpha value is -3.10. The third kappa shape index (κ3) is 4.41. The lowest BCUT2D eigenvalue weighted by molar-refractivity contribution is 0.0527. The highest BCUT2D eigenvalue weighted by molar-refractivity contribution is 9.10. The SMILES string of the molecule is CCOC(=O)c1c(CS(=O)(=O)c2ccccc2)n(-c2ccccc2)c2cc(Br)c(OC)cc12. The third-order valence-electron chi connectivity index (χ3n) is 5.26. The number of esters is 1. The van der Waals surface area contributed by atoms with Crippen molar-refractivity contribution in [1.29, 1.82) is 0 Å². The molecule has 4 aromatic rings. The number of fused-ring (bicyclic) bond motifs is 1. The number of halogens is 1. The molecule has 8 heteroatoms. The van der Waals surface area contributed by atoms with Gasteiger partial charge < -0.3 is 14.0 Å². The summed E-state index contributed by atoms with van der Waals surface area (Å²) in [6, 6.07) is 21.1. The molecule has 0 aliphatic heterocycles. The number of para-hydroxylation sites is 1. The molecular weight excluding hydrogens is 506 g/mol. The number of rotatable bonds is 7. The summed E-state index contributed by atoms with van der Waals surface area (Å²) >= 11 is 3.51. The highest BCUT2D eigenvalue weighted by Crippen LogP contribution is 2.38. The van der Waals surface area contributed by atoms with Crippen LogP contribution in [-0.4, -0.2) is 32.7 Å². The molecule has 0 amide bonds. The van der Waals surface area contributed by atoms with Gasteiger partial charge in [-0.1, -0.05) is 36.4 Å². The van der Waals surface area contributed by atoms with Gasteiger partial charge in [-0.15, -0.1) is 0 Å². The minimum atomic E-state index is -3.76. The van der Waals surface area contributed by atoms with Gasteiger partial charge in [-0.25, -0.2) is 13.2 Å². The summed E-state index contributed by atoms with van der Waals surface area (Å²) in [5.74, 6) is -0.440. The molecule has 0 unspecified atom stereocenters. The average molecular weight is 528 g/mol. The van der Waals surface area contributed by atoms with Gasteiger partial charge in [0, 0.05) is 11.1 Å². The van der Waals surface area contributed by atoms with Gasteiger partial charge in [0.1, 0.15) is 5.75 Å². The zero-order valence-electron chi connectivity index (χ0n) is 18.1. The van der Waals surface area contributed by atoms with E-state index < -0.39 is 15.8 Å².